The number of amides is 1. The number of piperazine rings is 1. The average molecular weight is 317 g/mol. The summed E-state index contributed by atoms with van der Waals surface area (Å²) in [4.78, 5) is 18.8. The molecule has 0 spiro atoms. The topological polar surface area (TPSA) is 100 Å². The molecule has 1 aromatic rings. The molecule has 4 N–H and O–H groups in total. The molecule has 1 unspecified atom stereocenters. The molecular weight excluding hydrogens is 298 g/mol. The number of nitrogens with zero attached hydrogens (tertiary/aromatic N) is 2. The highest BCUT2D eigenvalue weighted by Gasteiger charge is 2.20. The van der Waals surface area contributed by atoms with Gasteiger partial charge < -0.3 is 21.3 Å². The van der Waals surface area contributed by atoms with Crippen molar-refractivity contribution in [1.29, 1.82) is 0 Å². The van der Waals surface area contributed by atoms with Crippen molar-refractivity contribution >= 4 is 39.0 Å². The van der Waals surface area contributed by atoms with E-state index in [1.807, 2.05) is 0 Å². The largest absolute Gasteiger partial charge is 0.382 e. The number of nitrogens with two attached hydrogens (primary N) is 1. The third-order valence-corrected chi connectivity index (χ3v) is 4.82. The van der Waals surface area contributed by atoms with Gasteiger partial charge in [0.15, 0.2) is 5.13 Å². The maximum atomic E-state index is 12.0. The van der Waals surface area contributed by atoms with Crippen LogP contribution in [0.5, 0.6) is 0 Å². The molecule has 112 valence electrons. The Morgan fingerprint density at radius 3 is 2.90 bits per heavy atom. The second-order valence-electron chi connectivity index (χ2n) is 4.48. The van der Waals surface area contributed by atoms with Crippen LogP contribution in [0.1, 0.15) is 9.67 Å². The van der Waals surface area contributed by atoms with Crippen LogP contribution in [0, 0.1) is 0 Å². The molecule has 0 saturated carbocycles. The second-order valence-corrected chi connectivity index (χ2v) is 7.01. The molecule has 2 rings (SSSR count). The average Bonchev–Trinajstić information content (AvgIpc) is 2.81. The van der Waals surface area contributed by atoms with Gasteiger partial charge >= 0.3 is 0 Å². The Balaban J connectivity index is 1.99. The minimum atomic E-state index is -0.916. The molecular formula is C11H19N5O2S2. The molecule has 1 saturated heterocycles. The zero-order valence-corrected chi connectivity index (χ0v) is 13.0. The summed E-state index contributed by atoms with van der Waals surface area (Å²) >= 11 is 1.31. The molecule has 1 aliphatic heterocycles. The van der Waals surface area contributed by atoms with Crippen LogP contribution in [-0.2, 0) is 10.8 Å². The second kappa shape index (κ2) is 7.00. The number of hydrogen-bond acceptors (Lipinski definition) is 7. The zero-order chi connectivity index (χ0) is 14.5. The van der Waals surface area contributed by atoms with Crippen LogP contribution in [0.3, 0.4) is 0 Å². The number of anilines is 2. The van der Waals surface area contributed by atoms with Crippen molar-refractivity contribution in [2.75, 3.05) is 55.4 Å². The van der Waals surface area contributed by atoms with Crippen LogP contribution in [-0.4, -0.2) is 59.8 Å². The summed E-state index contributed by atoms with van der Waals surface area (Å²) < 4.78 is 11.0. The molecule has 1 amide bonds. The maximum Gasteiger partial charge on any atom is 0.265 e. The lowest BCUT2D eigenvalue weighted by atomic mass is 10.4. The standard InChI is InChI=1S/C11H19N5O2S2/c1-20(18)7-4-14-10(17)8-9(12)15-11(19-8)16-5-2-13-3-6-16/h13H,2-7,12H2,1H3,(H,14,17). The first kappa shape index (κ1) is 15.2. The van der Waals surface area contributed by atoms with Crippen LogP contribution in [0.4, 0.5) is 10.9 Å². The molecule has 0 aliphatic carbocycles. The minimum Gasteiger partial charge on any atom is -0.382 e. The first-order valence-electron chi connectivity index (χ1n) is 6.38. The normalized spacial score (nSPS) is 16.9. The summed E-state index contributed by atoms with van der Waals surface area (Å²) in [5.74, 6) is 0.459. The van der Waals surface area contributed by atoms with Crippen LogP contribution in [0.25, 0.3) is 0 Å². The van der Waals surface area contributed by atoms with E-state index < -0.39 is 10.8 Å². The van der Waals surface area contributed by atoms with Gasteiger partial charge in [-0.2, -0.15) is 0 Å². The number of thiazole rings is 1. The summed E-state index contributed by atoms with van der Waals surface area (Å²) in [5.41, 5.74) is 5.82. The highest BCUT2D eigenvalue weighted by Crippen LogP contribution is 2.28. The van der Waals surface area contributed by atoms with Gasteiger partial charge in [0.2, 0.25) is 0 Å². The van der Waals surface area contributed by atoms with E-state index in [0.29, 0.717) is 17.2 Å². The fraction of sp³-hybridized carbons (Fsp3) is 0.636. The number of nitrogen functional groups attached to an aromatic ring is 1. The molecule has 2 heterocycles. The van der Waals surface area contributed by atoms with Gasteiger partial charge in [0, 0.05) is 55.5 Å². The predicted molar refractivity (Wildman–Crippen MR) is 82.9 cm³/mol. The number of rotatable bonds is 5. The van der Waals surface area contributed by atoms with Gasteiger partial charge in [0.1, 0.15) is 10.7 Å². The summed E-state index contributed by atoms with van der Waals surface area (Å²) in [7, 11) is -0.916. The minimum absolute atomic E-state index is 0.244. The lowest BCUT2D eigenvalue weighted by Crippen LogP contribution is -2.43. The zero-order valence-electron chi connectivity index (χ0n) is 11.3. The van der Waals surface area contributed by atoms with Crippen LogP contribution >= 0.6 is 11.3 Å². The van der Waals surface area contributed by atoms with E-state index in [-0.39, 0.29) is 11.7 Å². The van der Waals surface area contributed by atoms with E-state index in [4.69, 9.17) is 5.73 Å². The smallest absolute Gasteiger partial charge is 0.265 e. The number of aromatic nitrogens is 1. The van der Waals surface area contributed by atoms with E-state index in [1.54, 1.807) is 6.26 Å². The monoisotopic (exact) mass is 317 g/mol. The van der Waals surface area contributed by atoms with Gasteiger partial charge in [-0.1, -0.05) is 11.3 Å². The number of hydrogen-bond donors (Lipinski definition) is 3. The molecule has 7 nitrogen and oxygen atoms in total. The van der Waals surface area contributed by atoms with E-state index in [0.717, 1.165) is 31.3 Å². The molecule has 20 heavy (non-hydrogen) atoms. The van der Waals surface area contributed by atoms with Crippen molar-refractivity contribution in [3.05, 3.63) is 4.88 Å². The Hall–Kier alpha value is -1.19. The molecule has 1 fully saturated rings. The Labute approximate surface area is 124 Å². The molecule has 0 radical (unpaired) electrons. The van der Waals surface area contributed by atoms with Gasteiger partial charge in [-0.3, -0.25) is 9.00 Å². The molecule has 1 aromatic heterocycles. The van der Waals surface area contributed by atoms with Crippen LogP contribution < -0.4 is 21.3 Å². The molecule has 1 aliphatic rings. The quantitative estimate of drug-likeness (QED) is 0.660. The summed E-state index contributed by atoms with van der Waals surface area (Å²) in [6.07, 6.45) is 1.61. The molecule has 0 bridgehead atoms. The Kier molecular flexibility index (Phi) is 5.32. The fourth-order valence-electron chi connectivity index (χ4n) is 1.86. The van der Waals surface area contributed by atoms with Crippen molar-refractivity contribution in [3.8, 4) is 0 Å². The van der Waals surface area contributed by atoms with E-state index in [9.17, 15) is 9.00 Å². The van der Waals surface area contributed by atoms with Crippen molar-refractivity contribution < 1.29 is 9.00 Å². The fourth-order valence-corrected chi connectivity index (χ4v) is 3.21. The van der Waals surface area contributed by atoms with Gasteiger partial charge in [-0.25, -0.2) is 4.98 Å². The van der Waals surface area contributed by atoms with Gasteiger partial charge in [-0.05, 0) is 0 Å². The molecule has 1 atom stereocenters. The third-order valence-electron chi connectivity index (χ3n) is 2.91. The number of carbonyl (C=O) groups excluding carboxylic acids is 1. The van der Waals surface area contributed by atoms with Crippen molar-refractivity contribution in [1.82, 2.24) is 15.6 Å². The number of carbonyl (C=O) groups is 1. The summed E-state index contributed by atoms with van der Waals surface area (Å²) in [5, 5.41) is 6.76. The van der Waals surface area contributed by atoms with E-state index >= 15 is 0 Å². The first-order chi connectivity index (χ1) is 9.58. The lowest BCUT2D eigenvalue weighted by molar-refractivity contribution is 0.0961. The van der Waals surface area contributed by atoms with Crippen molar-refractivity contribution in [2.45, 2.75) is 0 Å². The molecule has 9 heteroatoms. The van der Waals surface area contributed by atoms with Gasteiger partial charge in [0.25, 0.3) is 5.91 Å². The highest BCUT2D eigenvalue weighted by molar-refractivity contribution is 7.84. The Bertz CT molecular complexity index is 499. The Morgan fingerprint density at radius 1 is 1.55 bits per heavy atom. The number of nitrogens with one attached hydrogen (secondary N) is 2. The Morgan fingerprint density at radius 2 is 2.25 bits per heavy atom. The van der Waals surface area contributed by atoms with Crippen molar-refractivity contribution in [2.24, 2.45) is 0 Å². The van der Waals surface area contributed by atoms with Gasteiger partial charge in [0.05, 0.1) is 0 Å². The highest BCUT2D eigenvalue weighted by atomic mass is 32.2. The predicted octanol–water partition coefficient (Wildman–Crippen LogP) is -0.757. The van der Waals surface area contributed by atoms with Crippen molar-refractivity contribution in [3.63, 3.8) is 0 Å². The maximum absolute atomic E-state index is 12.0. The van der Waals surface area contributed by atoms with E-state index in [2.05, 4.69) is 20.5 Å². The SMILES string of the molecule is CS(=O)CCNC(=O)c1sc(N2CCNCC2)nc1N. The van der Waals surface area contributed by atoms with Gasteiger partial charge in [-0.15, -0.1) is 0 Å². The summed E-state index contributed by atoms with van der Waals surface area (Å²) in [6.45, 7) is 3.92. The van der Waals surface area contributed by atoms with Crippen LogP contribution in [0.2, 0.25) is 0 Å². The van der Waals surface area contributed by atoms with E-state index in [1.165, 1.54) is 11.3 Å². The first-order valence-corrected chi connectivity index (χ1v) is 8.92. The third kappa shape index (κ3) is 3.90. The molecule has 0 aromatic carbocycles. The summed E-state index contributed by atoms with van der Waals surface area (Å²) in [6, 6.07) is 0. The van der Waals surface area contributed by atoms with Crippen LogP contribution in [0.15, 0.2) is 0 Å². The lowest BCUT2D eigenvalue weighted by Gasteiger charge is -2.26.